The highest BCUT2D eigenvalue weighted by atomic mass is 79.9. The van der Waals surface area contributed by atoms with Crippen molar-refractivity contribution in [2.24, 2.45) is 5.92 Å². The number of hydrogen-bond acceptors (Lipinski definition) is 5. The molecular weight excluding hydrogens is 466 g/mol. The van der Waals surface area contributed by atoms with Gasteiger partial charge in [-0.1, -0.05) is 11.6 Å². The number of hydrogen-bond donors (Lipinski definition) is 1. The number of carbonyl (C=O) groups excluding carboxylic acids is 2. The highest BCUT2D eigenvalue weighted by Crippen LogP contribution is 2.36. The molecule has 2 aromatic rings. The van der Waals surface area contributed by atoms with Crippen LogP contribution in [0.25, 0.3) is 0 Å². The molecule has 1 heterocycles. The van der Waals surface area contributed by atoms with E-state index in [1.165, 1.54) is 30.2 Å². The molecule has 2 aromatic carbocycles. The molecule has 0 spiro atoms. The number of nitro groups is 1. The number of nitro benzene ring substituents is 1. The summed E-state index contributed by atoms with van der Waals surface area (Å²) < 4.78 is 5.93. The molecule has 0 aliphatic carbocycles. The van der Waals surface area contributed by atoms with Gasteiger partial charge < -0.3 is 15.0 Å². The Kier molecular flexibility index (Phi) is 6.09. The minimum atomic E-state index is -0.579. The zero-order valence-electron chi connectivity index (χ0n) is 15.6. The number of amides is 2. The van der Waals surface area contributed by atoms with Crippen molar-refractivity contribution >= 4 is 56.4 Å². The van der Waals surface area contributed by atoms with E-state index in [-0.39, 0.29) is 36.2 Å². The Labute approximate surface area is 180 Å². The molecule has 10 heteroatoms. The molecule has 8 nitrogen and oxygen atoms in total. The molecule has 1 N–H and O–H groups in total. The number of nitrogens with zero attached hydrogens (tertiary/aromatic N) is 2. The summed E-state index contributed by atoms with van der Waals surface area (Å²) in [7, 11) is 1.37. The minimum Gasteiger partial charge on any atom is -0.494 e. The summed E-state index contributed by atoms with van der Waals surface area (Å²) in [6.45, 7) is 1.98. The first-order valence-corrected chi connectivity index (χ1v) is 9.77. The fourth-order valence-corrected chi connectivity index (χ4v) is 3.76. The Balaban J connectivity index is 1.79. The summed E-state index contributed by atoms with van der Waals surface area (Å²) in [5.41, 5.74) is 1.64. The number of rotatable bonds is 5. The van der Waals surface area contributed by atoms with Crippen LogP contribution in [0, 0.1) is 23.0 Å². The van der Waals surface area contributed by atoms with Crippen LogP contribution >= 0.6 is 27.5 Å². The first kappa shape index (κ1) is 21.1. The molecule has 0 bridgehead atoms. The van der Waals surface area contributed by atoms with Gasteiger partial charge in [-0.15, -0.1) is 0 Å². The maximum Gasteiger partial charge on any atom is 0.273 e. The smallest absolute Gasteiger partial charge is 0.273 e. The highest BCUT2D eigenvalue weighted by molar-refractivity contribution is 9.10. The maximum absolute atomic E-state index is 12.7. The van der Waals surface area contributed by atoms with Crippen LogP contribution in [0.2, 0.25) is 5.02 Å². The van der Waals surface area contributed by atoms with Crippen LogP contribution in [-0.2, 0) is 9.59 Å². The lowest BCUT2D eigenvalue weighted by atomic mass is 10.1. The van der Waals surface area contributed by atoms with Gasteiger partial charge in [0.1, 0.15) is 5.75 Å². The van der Waals surface area contributed by atoms with E-state index >= 15 is 0 Å². The first-order valence-electron chi connectivity index (χ1n) is 8.60. The second kappa shape index (κ2) is 8.38. The zero-order chi connectivity index (χ0) is 21.3. The van der Waals surface area contributed by atoms with Gasteiger partial charge >= 0.3 is 0 Å². The second-order valence-electron chi connectivity index (χ2n) is 6.59. The molecule has 1 atom stereocenters. The summed E-state index contributed by atoms with van der Waals surface area (Å²) in [5, 5.41) is 14.2. The third-order valence-corrected chi connectivity index (χ3v) is 5.88. The van der Waals surface area contributed by atoms with Crippen molar-refractivity contribution in [3.8, 4) is 5.75 Å². The number of anilines is 2. The minimum absolute atomic E-state index is 0.0231. The Bertz CT molecular complexity index is 1010. The molecule has 0 unspecified atom stereocenters. The van der Waals surface area contributed by atoms with E-state index in [1.807, 2.05) is 6.92 Å². The molecular formula is C19H17BrClN3O5. The maximum atomic E-state index is 12.7. The fraction of sp³-hybridized carbons (Fsp3) is 0.263. The number of methoxy groups -OCH3 is 1. The van der Waals surface area contributed by atoms with Crippen LogP contribution in [-0.4, -0.2) is 30.4 Å². The molecule has 29 heavy (non-hydrogen) atoms. The standard InChI is InChI=1S/C19H17BrClN3O5/c1-10-5-13(20)14(21)8-15(10)22-19(26)11-6-18(25)23(9-11)16-4-3-12(24(27)28)7-17(16)29-2/h3-5,7-8,11H,6,9H2,1-2H3,(H,22,26)/t11-/m0/s1. The monoisotopic (exact) mass is 481 g/mol. The predicted octanol–water partition coefficient (Wildman–Crippen LogP) is 4.32. The predicted molar refractivity (Wildman–Crippen MR) is 113 cm³/mol. The van der Waals surface area contributed by atoms with E-state index in [0.717, 1.165) is 10.0 Å². The van der Waals surface area contributed by atoms with E-state index in [0.29, 0.717) is 16.4 Å². The molecule has 0 radical (unpaired) electrons. The Morgan fingerprint density at radius 1 is 1.38 bits per heavy atom. The lowest BCUT2D eigenvalue weighted by Gasteiger charge is -2.19. The second-order valence-corrected chi connectivity index (χ2v) is 7.85. The lowest BCUT2D eigenvalue weighted by molar-refractivity contribution is -0.384. The van der Waals surface area contributed by atoms with Crippen molar-refractivity contribution in [3.63, 3.8) is 0 Å². The van der Waals surface area contributed by atoms with Crippen LogP contribution in [0.4, 0.5) is 17.1 Å². The average Bonchev–Trinajstić information content (AvgIpc) is 3.07. The summed E-state index contributed by atoms with van der Waals surface area (Å²) in [5.74, 6) is -0.945. The summed E-state index contributed by atoms with van der Waals surface area (Å²) in [6.07, 6.45) is 0.0231. The molecule has 1 saturated heterocycles. The normalized spacial score (nSPS) is 16.1. The van der Waals surface area contributed by atoms with Gasteiger partial charge in [-0.25, -0.2) is 0 Å². The fourth-order valence-electron chi connectivity index (χ4n) is 3.13. The van der Waals surface area contributed by atoms with Gasteiger partial charge in [0, 0.05) is 29.2 Å². The lowest BCUT2D eigenvalue weighted by Crippen LogP contribution is -2.28. The van der Waals surface area contributed by atoms with Crippen molar-refractivity contribution in [2.75, 3.05) is 23.9 Å². The number of aryl methyl sites for hydroxylation is 1. The Morgan fingerprint density at radius 2 is 2.10 bits per heavy atom. The van der Waals surface area contributed by atoms with Crippen LogP contribution < -0.4 is 15.0 Å². The quantitative estimate of drug-likeness (QED) is 0.505. The largest absolute Gasteiger partial charge is 0.494 e. The van der Waals surface area contributed by atoms with Gasteiger partial charge in [-0.2, -0.15) is 0 Å². The van der Waals surface area contributed by atoms with Crippen LogP contribution in [0.15, 0.2) is 34.8 Å². The van der Waals surface area contributed by atoms with Crippen molar-refractivity contribution in [1.82, 2.24) is 0 Å². The van der Waals surface area contributed by atoms with Crippen LogP contribution in [0.3, 0.4) is 0 Å². The van der Waals surface area contributed by atoms with Crippen molar-refractivity contribution < 1.29 is 19.2 Å². The summed E-state index contributed by atoms with van der Waals surface area (Å²) >= 11 is 9.43. The van der Waals surface area contributed by atoms with E-state index < -0.39 is 10.8 Å². The van der Waals surface area contributed by atoms with E-state index in [2.05, 4.69) is 21.2 Å². The Hall–Kier alpha value is -2.65. The number of nitrogens with one attached hydrogen (secondary N) is 1. The number of halogens is 2. The number of non-ortho nitro benzene ring substituents is 1. The van der Waals surface area contributed by atoms with Crippen molar-refractivity contribution in [1.29, 1.82) is 0 Å². The molecule has 1 aliphatic heterocycles. The molecule has 152 valence electrons. The van der Waals surface area contributed by atoms with Gasteiger partial charge in [0.05, 0.1) is 34.7 Å². The topological polar surface area (TPSA) is 102 Å². The average molecular weight is 483 g/mol. The third kappa shape index (κ3) is 4.35. The number of benzene rings is 2. The van der Waals surface area contributed by atoms with Crippen LogP contribution in [0.5, 0.6) is 5.75 Å². The zero-order valence-corrected chi connectivity index (χ0v) is 17.9. The van der Waals surface area contributed by atoms with Crippen molar-refractivity contribution in [2.45, 2.75) is 13.3 Å². The molecule has 3 rings (SSSR count). The molecule has 1 aliphatic rings. The molecule has 2 amide bonds. The van der Waals surface area contributed by atoms with Gasteiger partial charge in [0.2, 0.25) is 11.8 Å². The van der Waals surface area contributed by atoms with Crippen LogP contribution in [0.1, 0.15) is 12.0 Å². The summed E-state index contributed by atoms with van der Waals surface area (Å²) in [6, 6.07) is 7.45. The Morgan fingerprint density at radius 3 is 2.76 bits per heavy atom. The molecule has 0 aromatic heterocycles. The highest BCUT2D eigenvalue weighted by Gasteiger charge is 2.36. The number of ether oxygens (including phenoxy) is 1. The van der Waals surface area contributed by atoms with E-state index in [9.17, 15) is 19.7 Å². The van der Waals surface area contributed by atoms with Gasteiger partial charge in [0.25, 0.3) is 5.69 Å². The molecule has 0 saturated carbocycles. The number of carbonyl (C=O) groups is 2. The van der Waals surface area contributed by atoms with E-state index in [4.69, 9.17) is 16.3 Å². The van der Waals surface area contributed by atoms with Crippen molar-refractivity contribution in [3.05, 3.63) is 55.5 Å². The first-order chi connectivity index (χ1) is 13.7. The van der Waals surface area contributed by atoms with Gasteiger partial charge in [-0.05, 0) is 46.6 Å². The molecule has 1 fully saturated rings. The van der Waals surface area contributed by atoms with E-state index in [1.54, 1.807) is 12.1 Å². The van der Waals surface area contributed by atoms with Gasteiger partial charge in [0.15, 0.2) is 0 Å². The SMILES string of the molecule is COc1cc([N+](=O)[O-])ccc1N1C[C@@H](C(=O)Nc2cc(Cl)c(Br)cc2C)CC1=O. The van der Waals surface area contributed by atoms with Gasteiger partial charge in [-0.3, -0.25) is 19.7 Å². The third-order valence-electron chi connectivity index (χ3n) is 4.69. The summed E-state index contributed by atoms with van der Waals surface area (Å²) in [4.78, 5) is 37.1.